The molecule has 1 unspecified atom stereocenters. The van der Waals surface area contributed by atoms with E-state index >= 15 is 0 Å². The lowest BCUT2D eigenvalue weighted by atomic mass is 9.87. The van der Waals surface area contributed by atoms with Gasteiger partial charge in [-0.05, 0) is 29.5 Å². The average molecular weight is 406 g/mol. The summed E-state index contributed by atoms with van der Waals surface area (Å²) >= 11 is 0. The lowest BCUT2D eigenvalue weighted by Gasteiger charge is -2.19. The Hall–Kier alpha value is -2.26. The van der Waals surface area contributed by atoms with Gasteiger partial charge in [-0.3, -0.25) is 4.79 Å². The summed E-state index contributed by atoms with van der Waals surface area (Å²) in [4.78, 5) is 14.3. The third-order valence-electron chi connectivity index (χ3n) is 4.99. The summed E-state index contributed by atoms with van der Waals surface area (Å²) in [5.74, 6) is -0.0617. The molecule has 1 atom stereocenters. The predicted octanol–water partition coefficient (Wildman–Crippen LogP) is 1.72. The summed E-state index contributed by atoms with van der Waals surface area (Å²) in [6, 6.07) is 6.99. The first kappa shape index (κ1) is 20.5. The molecule has 3 rings (SSSR count). The van der Waals surface area contributed by atoms with Gasteiger partial charge in [-0.15, -0.1) is 5.10 Å². The molecule has 28 heavy (non-hydrogen) atoms. The number of hydrogen-bond donors (Lipinski definition) is 1. The highest BCUT2D eigenvalue weighted by Crippen LogP contribution is 2.23. The Kier molecular flexibility index (Phi) is 5.85. The monoisotopic (exact) mass is 405 g/mol. The Morgan fingerprint density at radius 2 is 1.96 bits per heavy atom. The Labute approximate surface area is 166 Å². The zero-order valence-corrected chi connectivity index (χ0v) is 17.3. The van der Waals surface area contributed by atoms with Crippen LogP contribution < -0.4 is 4.72 Å². The van der Waals surface area contributed by atoms with Gasteiger partial charge in [-0.2, -0.15) is 0 Å². The van der Waals surface area contributed by atoms with Crippen molar-refractivity contribution in [1.82, 2.24) is 24.6 Å². The van der Waals surface area contributed by atoms with Gasteiger partial charge in [0.25, 0.3) is 0 Å². The molecule has 152 valence electrons. The molecule has 2 aromatic rings. The van der Waals surface area contributed by atoms with E-state index in [1.165, 1.54) is 0 Å². The molecule has 1 aromatic heterocycles. The van der Waals surface area contributed by atoms with E-state index < -0.39 is 10.0 Å². The van der Waals surface area contributed by atoms with Gasteiger partial charge in [-0.25, -0.2) is 17.8 Å². The van der Waals surface area contributed by atoms with Crippen molar-refractivity contribution in [3.8, 4) is 0 Å². The molecule has 9 heteroatoms. The van der Waals surface area contributed by atoms with Gasteiger partial charge in [0.15, 0.2) is 0 Å². The molecule has 2 heterocycles. The van der Waals surface area contributed by atoms with Crippen molar-refractivity contribution in [2.75, 3.05) is 19.6 Å². The normalized spacial score (nSPS) is 17.8. The van der Waals surface area contributed by atoms with E-state index in [1.54, 1.807) is 34.1 Å². The summed E-state index contributed by atoms with van der Waals surface area (Å²) in [6.45, 7) is 7.52. The Bertz CT molecular complexity index is 902. The molecule has 0 aliphatic carbocycles. The van der Waals surface area contributed by atoms with Gasteiger partial charge in [0.1, 0.15) is 0 Å². The Balaban J connectivity index is 1.50. The molecule has 1 amide bonds. The van der Waals surface area contributed by atoms with Crippen LogP contribution in [-0.4, -0.2) is 53.9 Å². The molecule has 1 fully saturated rings. The van der Waals surface area contributed by atoms with E-state index in [0.29, 0.717) is 13.1 Å². The molecule has 1 aliphatic heterocycles. The molecule has 0 saturated carbocycles. The average Bonchev–Trinajstić information content (AvgIpc) is 3.32. The zero-order chi connectivity index (χ0) is 20.4. The van der Waals surface area contributed by atoms with Gasteiger partial charge in [0.2, 0.25) is 15.9 Å². The maximum absolute atomic E-state index is 12.4. The first-order valence-electron chi connectivity index (χ1n) is 9.40. The fraction of sp³-hybridized carbons (Fsp3) is 0.526. The fourth-order valence-corrected chi connectivity index (χ4v) is 4.30. The summed E-state index contributed by atoms with van der Waals surface area (Å²) in [5, 5.41) is 7.77. The Morgan fingerprint density at radius 3 is 2.57 bits per heavy atom. The van der Waals surface area contributed by atoms with Crippen LogP contribution in [0.4, 0.5) is 0 Å². The summed E-state index contributed by atoms with van der Waals surface area (Å²) in [5.41, 5.74) is 1.03. The largest absolute Gasteiger partial charge is 0.340 e. The van der Waals surface area contributed by atoms with E-state index in [-0.39, 0.29) is 35.2 Å². The number of rotatable bonds is 6. The number of nitrogens with one attached hydrogen (secondary N) is 1. The van der Waals surface area contributed by atoms with Crippen molar-refractivity contribution in [3.05, 3.63) is 42.2 Å². The number of carbonyl (C=O) groups is 1. The lowest BCUT2D eigenvalue weighted by Crippen LogP contribution is -2.33. The quantitative estimate of drug-likeness (QED) is 0.789. The number of hydrogen-bond acceptors (Lipinski definition) is 5. The zero-order valence-electron chi connectivity index (χ0n) is 16.5. The second-order valence-electron chi connectivity index (χ2n) is 8.09. The van der Waals surface area contributed by atoms with Gasteiger partial charge in [0, 0.05) is 32.3 Å². The van der Waals surface area contributed by atoms with Crippen LogP contribution in [0.15, 0.2) is 41.6 Å². The second kappa shape index (κ2) is 8.00. The maximum Gasteiger partial charge on any atom is 0.240 e. The summed E-state index contributed by atoms with van der Waals surface area (Å²) < 4.78 is 29.2. The number of nitrogens with zero attached hydrogens (tertiary/aromatic N) is 4. The highest BCUT2D eigenvalue weighted by atomic mass is 32.2. The number of benzene rings is 1. The minimum absolute atomic E-state index is 0.0397. The number of sulfonamides is 1. The minimum Gasteiger partial charge on any atom is -0.340 e. The highest BCUT2D eigenvalue weighted by molar-refractivity contribution is 7.89. The minimum atomic E-state index is -3.63. The first-order chi connectivity index (χ1) is 13.2. The number of aromatic nitrogens is 3. The van der Waals surface area contributed by atoms with Crippen LogP contribution in [0.2, 0.25) is 0 Å². The van der Waals surface area contributed by atoms with Crippen LogP contribution >= 0.6 is 0 Å². The van der Waals surface area contributed by atoms with Crippen LogP contribution in [0, 0.1) is 0 Å². The summed E-state index contributed by atoms with van der Waals surface area (Å²) in [6.07, 6.45) is 4.36. The van der Waals surface area contributed by atoms with Crippen molar-refractivity contribution in [2.24, 2.45) is 0 Å². The van der Waals surface area contributed by atoms with Crippen LogP contribution in [0.3, 0.4) is 0 Å². The van der Waals surface area contributed by atoms with Crippen molar-refractivity contribution in [1.29, 1.82) is 0 Å². The van der Waals surface area contributed by atoms with E-state index in [2.05, 4.69) is 35.8 Å². The molecular weight excluding hydrogens is 378 g/mol. The van der Waals surface area contributed by atoms with Gasteiger partial charge < -0.3 is 4.90 Å². The smallest absolute Gasteiger partial charge is 0.240 e. The molecule has 1 N–H and O–H groups in total. The third kappa shape index (κ3) is 4.77. The van der Waals surface area contributed by atoms with Crippen molar-refractivity contribution >= 4 is 15.9 Å². The van der Waals surface area contributed by atoms with Crippen LogP contribution in [0.25, 0.3) is 0 Å². The van der Waals surface area contributed by atoms with Crippen LogP contribution in [0.5, 0.6) is 0 Å². The highest BCUT2D eigenvalue weighted by Gasteiger charge is 2.27. The van der Waals surface area contributed by atoms with E-state index in [4.69, 9.17) is 0 Å². The molecule has 8 nitrogen and oxygen atoms in total. The molecule has 0 bridgehead atoms. The van der Waals surface area contributed by atoms with E-state index in [0.717, 1.165) is 12.0 Å². The van der Waals surface area contributed by atoms with Gasteiger partial charge in [0.05, 0.1) is 17.1 Å². The maximum atomic E-state index is 12.4. The van der Waals surface area contributed by atoms with Crippen molar-refractivity contribution in [3.63, 3.8) is 0 Å². The topological polar surface area (TPSA) is 97.2 Å². The van der Waals surface area contributed by atoms with Gasteiger partial charge in [-0.1, -0.05) is 38.1 Å². The first-order valence-corrected chi connectivity index (χ1v) is 10.9. The van der Waals surface area contributed by atoms with Crippen molar-refractivity contribution in [2.45, 2.75) is 50.0 Å². The standard InChI is InChI=1S/C19H27N5O3S/c1-19(2,3)15-4-6-17(7-5-15)28(26,27)21-10-8-18(25)23-12-9-16(14-23)24-13-11-20-22-24/h4-7,11,13,16,21H,8-10,12,14H2,1-3H3. The number of carbonyl (C=O) groups excluding carboxylic acids is 1. The number of likely N-dealkylation sites (tertiary alicyclic amines) is 1. The van der Waals surface area contributed by atoms with Gasteiger partial charge >= 0.3 is 0 Å². The molecule has 1 saturated heterocycles. The lowest BCUT2D eigenvalue weighted by molar-refractivity contribution is -0.130. The summed E-state index contributed by atoms with van der Waals surface area (Å²) in [7, 11) is -3.63. The Morgan fingerprint density at radius 1 is 1.25 bits per heavy atom. The number of amides is 1. The fourth-order valence-electron chi connectivity index (χ4n) is 3.26. The van der Waals surface area contributed by atoms with Crippen LogP contribution in [-0.2, 0) is 20.2 Å². The van der Waals surface area contributed by atoms with E-state index in [1.807, 2.05) is 12.1 Å². The molecule has 0 radical (unpaired) electrons. The SMILES string of the molecule is CC(C)(C)c1ccc(S(=O)(=O)NCCC(=O)N2CCC(n3ccnn3)C2)cc1. The van der Waals surface area contributed by atoms with Crippen LogP contribution in [0.1, 0.15) is 45.2 Å². The molecular formula is C19H27N5O3S. The molecule has 1 aromatic carbocycles. The van der Waals surface area contributed by atoms with E-state index in [9.17, 15) is 13.2 Å². The van der Waals surface area contributed by atoms with Crippen molar-refractivity contribution < 1.29 is 13.2 Å². The predicted molar refractivity (Wildman–Crippen MR) is 105 cm³/mol. The second-order valence-corrected chi connectivity index (χ2v) is 9.85. The molecule has 1 aliphatic rings. The molecule has 0 spiro atoms. The third-order valence-corrected chi connectivity index (χ3v) is 6.47.